The van der Waals surface area contributed by atoms with Gasteiger partial charge in [0.1, 0.15) is 0 Å². The molecule has 2 nitrogen and oxygen atoms in total. The number of benzene rings is 1. The molecule has 2 atom stereocenters. The van der Waals surface area contributed by atoms with E-state index in [0.29, 0.717) is 12.0 Å². The molecule has 0 amide bonds. The van der Waals surface area contributed by atoms with Gasteiger partial charge in [0.2, 0.25) is 0 Å². The summed E-state index contributed by atoms with van der Waals surface area (Å²) in [6.07, 6.45) is 1.22. The lowest BCUT2D eigenvalue weighted by Crippen LogP contribution is -2.26. The number of halogens is 1. The van der Waals surface area contributed by atoms with Gasteiger partial charge < -0.3 is 10.2 Å². The largest absolute Gasteiger partial charge is 0.374 e. The van der Waals surface area contributed by atoms with Gasteiger partial charge in [0.05, 0.1) is 0 Å². The number of hydrogen-bond donors (Lipinski definition) is 1. The maximum Gasteiger partial charge on any atom is 0.0423 e. The van der Waals surface area contributed by atoms with E-state index >= 15 is 0 Å². The minimum atomic E-state index is 0.368. The van der Waals surface area contributed by atoms with Crippen LogP contribution in [0.25, 0.3) is 0 Å². The summed E-state index contributed by atoms with van der Waals surface area (Å²) in [5.74, 6) is 0.715. The molecule has 0 radical (unpaired) electrons. The molecule has 3 heteroatoms. The van der Waals surface area contributed by atoms with Crippen LogP contribution in [0.15, 0.2) is 22.7 Å². The van der Waals surface area contributed by atoms with Crippen LogP contribution in [0.2, 0.25) is 0 Å². The number of anilines is 1. The SMILES string of the molecule is CCC(C)CN(C)c1cc(Br)ccc1C(C)NC. The lowest BCUT2D eigenvalue weighted by Gasteiger charge is -2.27. The Morgan fingerprint density at radius 1 is 1.33 bits per heavy atom. The fourth-order valence-corrected chi connectivity index (χ4v) is 2.41. The quantitative estimate of drug-likeness (QED) is 0.846. The van der Waals surface area contributed by atoms with Crippen LogP contribution in [0.4, 0.5) is 5.69 Å². The van der Waals surface area contributed by atoms with E-state index in [4.69, 9.17) is 0 Å². The van der Waals surface area contributed by atoms with Crippen molar-refractivity contribution >= 4 is 21.6 Å². The minimum absolute atomic E-state index is 0.368. The number of hydrogen-bond acceptors (Lipinski definition) is 2. The Morgan fingerprint density at radius 3 is 2.56 bits per heavy atom. The summed E-state index contributed by atoms with van der Waals surface area (Å²) >= 11 is 3.57. The van der Waals surface area contributed by atoms with Gasteiger partial charge >= 0.3 is 0 Å². The van der Waals surface area contributed by atoms with Gasteiger partial charge in [-0.15, -0.1) is 0 Å². The summed E-state index contributed by atoms with van der Waals surface area (Å²) in [6.45, 7) is 7.84. The van der Waals surface area contributed by atoms with Crippen LogP contribution < -0.4 is 10.2 Å². The first-order valence-corrected chi connectivity index (χ1v) is 7.46. The lowest BCUT2D eigenvalue weighted by atomic mass is 10.0. The summed E-state index contributed by atoms with van der Waals surface area (Å²) in [7, 11) is 4.19. The van der Waals surface area contributed by atoms with Crippen LogP contribution in [0, 0.1) is 5.92 Å². The summed E-state index contributed by atoms with van der Waals surface area (Å²) in [5.41, 5.74) is 2.66. The highest BCUT2D eigenvalue weighted by molar-refractivity contribution is 9.10. The molecule has 0 aliphatic rings. The second kappa shape index (κ2) is 7.15. The topological polar surface area (TPSA) is 15.3 Å². The van der Waals surface area contributed by atoms with E-state index < -0.39 is 0 Å². The van der Waals surface area contributed by atoms with Crippen molar-refractivity contribution in [2.45, 2.75) is 33.2 Å². The van der Waals surface area contributed by atoms with Gasteiger partial charge in [-0.2, -0.15) is 0 Å². The average molecular weight is 313 g/mol. The second-order valence-electron chi connectivity index (χ2n) is 5.11. The van der Waals surface area contributed by atoms with Crippen molar-refractivity contribution in [2.24, 2.45) is 5.92 Å². The molecule has 1 aromatic carbocycles. The summed E-state index contributed by atoms with van der Waals surface area (Å²) in [5, 5.41) is 3.32. The van der Waals surface area contributed by atoms with Crippen molar-refractivity contribution in [1.29, 1.82) is 0 Å². The zero-order valence-corrected chi connectivity index (χ0v) is 13.7. The second-order valence-corrected chi connectivity index (χ2v) is 6.02. The standard InChI is InChI=1S/C15H25BrN2/c1-6-11(2)10-18(5)15-9-13(16)7-8-14(15)12(3)17-4/h7-9,11-12,17H,6,10H2,1-5H3. The molecule has 0 heterocycles. The predicted molar refractivity (Wildman–Crippen MR) is 84.3 cm³/mol. The first kappa shape index (κ1) is 15.5. The van der Waals surface area contributed by atoms with Gasteiger partial charge in [-0.3, -0.25) is 0 Å². The fourth-order valence-electron chi connectivity index (χ4n) is 2.06. The summed E-state index contributed by atoms with van der Waals surface area (Å²) < 4.78 is 1.14. The Bertz CT molecular complexity index is 379. The van der Waals surface area contributed by atoms with Crippen LogP contribution in [0.1, 0.15) is 38.8 Å². The molecule has 1 N–H and O–H groups in total. The molecule has 0 bridgehead atoms. The molecule has 18 heavy (non-hydrogen) atoms. The van der Waals surface area contributed by atoms with Gasteiger partial charge in [-0.25, -0.2) is 0 Å². The molecule has 0 spiro atoms. The smallest absolute Gasteiger partial charge is 0.0423 e. The van der Waals surface area contributed by atoms with Gasteiger partial charge in [-0.1, -0.05) is 42.3 Å². The molecule has 0 aliphatic heterocycles. The highest BCUT2D eigenvalue weighted by Crippen LogP contribution is 2.29. The maximum absolute atomic E-state index is 3.57. The number of nitrogens with one attached hydrogen (secondary N) is 1. The third kappa shape index (κ3) is 3.99. The maximum atomic E-state index is 3.57. The zero-order valence-electron chi connectivity index (χ0n) is 12.1. The normalized spacial score (nSPS) is 14.3. The van der Waals surface area contributed by atoms with Crippen LogP contribution in [-0.2, 0) is 0 Å². The van der Waals surface area contributed by atoms with Crippen molar-refractivity contribution in [1.82, 2.24) is 5.32 Å². The van der Waals surface area contributed by atoms with Crippen molar-refractivity contribution in [3.63, 3.8) is 0 Å². The Morgan fingerprint density at radius 2 is 2.00 bits per heavy atom. The molecule has 0 saturated carbocycles. The zero-order chi connectivity index (χ0) is 13.7. The van der Waals surface area contributed by atoms with Crippen molar-refractivity contribution < 1.29 is 0 Å². The molecule has 1 aromatic rings. The van der Waals surface area contributed by atoms with Crippen molar-refractivity contribution in [2.75, 3.05) is 25.5 Å². The van der Waals surface area contributed by atoms with E-state index in [1.54, 1.807) is 0 Å². The predicted octanol–water partition coefficient (Wildman–Crippen LogP) is 4.21. The third-order valence-corrected chi connectivity index (χ3v) is 4.08. The van der Waals surface area contributed by atoms with Crippen LogP contribution in [0.3, 0.4) is 0 Å². The first-order chi connectivity index (χ1) is 8.49. The molecular weight excluding hydrogens is 288 g/mol. The van der Waals surface area contributed by atoms with Crippen molar-refractivity contribution in [3.8, 4) is 0 Å². The Kier molecular flexibility index (Phi) is 6.16. The monoisotopic (exact) mass is 312 g/mol. The van der Waals surface area contributed by atoms with Crippen molar-refractivity contribution in [3.05, 3.63) is 28.2 Å². The molecule has 0 aliphatic carbocycles. The van der Waals surface area contributed by atoms with Crippen LogP contribution in [0.5, 0.6) is 0 Å². The van der Waals surface area contributed by atoms with Crippen LogP contribution in [-0.4, -0.2) is 20.6 Å². The summed E-state index contributed by atoms with van der Waals surface area (Å²) in [4.78, 5) is 2.36. The van der Waals surface area contributed by atoms with Gasteiger partial charge in [0.25, 0.3) is 0 Å². The van der Waals surface area contributed by atoms with Gasteiger partial charge in [-0.05, 0) is 37.6 Å². The fraction of sp³-hybridized carbons (Fsp3) is 0.600. The summed E-state index contributed by atoms with van der Waals surface area (Å²) in [6, 6.07) is 6.90. The van der Waals surface area contributed by atoms with E-state index in [0.717, 1.165) is 11.0 Å². The molecule has 1 rings (SSSR count). The van der Waals surface area contributed by atoms with E-state index in [9.17, 15) is 0 Å². The Labute approximate surface area is 120 Å². The van der Waals surface area contributed by atoms with E-state index in [2.05, 4.69) is 72.2 Å². The number of nitrogens with zero attached hydrogens (tertiary/aromatic N) is 1. The average Bonchev–Trinajstić information content (AvgIpc) is 2.37. The third-order valence-electron chi connectivity index (χ3n) is 3.59. The molecular formula is C15H25BrN2. The highest BCUT2D eigenvalue weighted by atomic mass is 79.9. The number of rotatable bonds is 6. The molecule has 0 saturated heterocycles. The van der Waals surface area contributed by atoms with Gasteiger partial charge in [0, 0.05) is 29.8 Å². The van der Waals surface area contributed by atoms with Crippen LogP contribution >= 0.6 is 15.9 Å². The molecule has 102 valence electrons. The first-order valence-electron chi connectivity index (χ1n) is 6.67. The minimum Gasteiger partial charge on any atom is -0.374 e. The molecule has 2 unspecified atom stereocenters. The van der Waals surface area contributed by atoms with Gasteiger partial charge in [0.15, 0.2) is 0 Å². The molecule has 0 aromatic heterocycles. The van der Waals surface area contributed by atoms with E-state index in [1.165, 1.54) is 17.7 Å². The Balaban J connectivity index is 3.00. The Hall–Kier alpha value is -0.540. The lowest BCUT2D eigenvalue weighted by molar-refractivity contribution is 0.556. The van der Waals surface area contributed by atoms with E-state index in [-0.39, 0.29) is 0 Å². The highest BCUT2D eigenvalue weighted by Gasteiger charge is 2.14. The van der Waals surface area contributed by atoms with E-state index in [1.807, 2.05) is 7.05 Å². The molecule has 0 fully saturated rings.